The molecule has 0 bridgehead atoms. The minimum absolute atomic E-state index is 0.0504. The van der Waals surface area contributed by atoms with Gasteiger partial charge in [0.15, 0.2) is 11.5 Å². The number of methoxy groups -OCH3 is 2. The highest BCUT2D eigenvalue weighted by molar-refractivity contribution is 5.95. The molecular formula is C34H44N2O4. The van der Waals surface area contributed by atoms with Crippen LogP contribution < -0.4 is 14.8 Å². The summed E-state index contributed by atoms with van der Waals surface area (Å²) in [6.45, 7) is 4.51. The first-order chi connectivity index (χ1) is 19.7. The molecule has 1 N–H and O–H groups in total. The van der Waals surface area contributed by atoms with Crippen molar-refractivity contribution < 1.29 is 19.0 Å². The molecule has 6 nitrogen and oxygen atoms in total. The lowest BCUT2D eigenvalue weighted by Gasteiger charge is -2.29. The topological polar surface area (TPSA) is 60.0 Å². The van der Waals surface area contributed by atoms with Gasteiger partial charge < -0.3 is 24.4 Å². The molecule has 4 rings (SSSR count). The summed E-state index contributed by atoms with van der Waals surface area (Å²) in [4.78, 5) is 16.0. The van der Waals surface area contributed by atoms with Crippen molar-refractivity contribution in [2.75, 3.05) is 53.6 Å². The molecule has 1 heterocycles. The summed E-state index contributed by atoms with van der Waals surface area (Å²) in [5.41, 5.74) is 3.33. The van der Waals surface area contributed by atoms with E-state index in [4.69, 9.17) is 14.2 Å². The Kier molecular flexibility index (Phi) is 11.9. The molecule has 6 heteroatoms. The molecule has 1 aliphatic rings. The maximum atomic E-state index is 14.0. The normalized spacial score (nSPS) is 16.6. The molecule has 1 saturated heterocycles. The van der Waals surface area contributed by atoms with Crippen LogP contribution in [0.15, 0.2) is 78.9 Å². The Morgan fingerprint density at radius 2 is 1.55 bits per heavy atom. The highest BCUT2D eigenvalue weighted by Gasteiger charge is 2.30. The number of hydrogen-bond donors (Lipinski definition) is 1. The van der Waals surface area contributed by atoms with Crippen molar-refractivity contribution in [1.82, 2.24) is 10.2 Å². The lowest BCUT2D eigenvalue weighted by atomic mass is 9.89. The van der Waals surface area contributed by atoms with E-state index in [0.717, 1.165) is 58.3 Å². The van der Waals surface area contributed by atoms with E-state index in [0.29, 0.717) is 42.1 Å². The van der Waals surface area contributed by atoms with E-state index in [1.54, 1.807) is 14.2 Å². The van der Waals surface area contributed by atoms with Crippen LogP contribution >= 0.6 is 0 Å². The predicted molar refractivity (Wildman–Crippen MR) is 160 cm³/mol. The van der Waals surface area contributed by atoms with E-state index >= 15 is 0 Å². The van der Waals surface area contributed by atoms with Crippen molar-refractivity contribution in [3.8, 4) is 11.5 Å². The fourth-order valence-electron chi connectivity index (χ4n) is 5.48. The maximum Gasteiger partial charge on any atom is 0.254 e. The number of rotatable bonds is 16. The summed E-state index contributed by atoms with van der Waals surface area (Å²) >= 11 is 0. The van der Waals surface area contributed by atoms with E-state index in [2.05, 4.69) is 70.9 Å². The van der Waals surface area contributed by atoms with Crippen LogP contribution in [-0.2, 0) is 17.6 Å². The summed E-state index contributed by atoms with van der Waals surface area (Å²) in [5.74, 6) is 2.18. The van der Waals surface area contributed by atoms with Gasteiger partial charge in [-0.15, -0.1) is 0 Å². The Balaban J connectivity index is 1.46. The van der Waals surface area contributed by atoms with Crippen molar-refractivity contribution in [2.45, 2.75) is 32.1 Å². The molecule has 1 aliphatic heterocycles. The van der Waals surface area contributed by atoms with Gasteiger partial charge in [0.2, 0.25) is 0 Å². The minimum Gasteiger partial charge on any atom is -0.493 e. The molecule has 1 amide bonds. The number of aryl methyl sites for hydroxylation is 1. The average molecular weight is 545 g/mol. The summed E-state index contributed by atoms with van der Waals surface area (Å²) in [6, 6.07) is 26.8. The van der Waals surface area contributed by atoms with Gasteiger partial charge in [-0.3, -0.25) is 4.79 Å². The van der Waals surface area contributed by atoms with Gasteiger partial charge in [0.05, 0.1) is 13.7 Å². The molecule has 214 valence electrons. The van der Waals surface area contributed by atoms with E-state index in [1.807, 2.05) is 18.2 Å². The van der Waals surface area contributed by atoms with Gasteiger partial charge in [0.1, 0.15) is 0 Å². The smallest absolute Gasteiger partial charge is 0.254 e. The molecule has 3 aromatic rings. The van der Waals surface area contributed by atoms with Crippen molar-refractivity contribution >= 4 is 5.91 Å². The van der Waals surface area contributed by atoms with Gasteiger partial charge in [-0.25, -0.2) is 0 Å². The third-order valence-electron chi connectivity index (χ3n) is 7.71. The summed E-state index contributed by atoms with van der Waals surface area (Å²) in [6.07, 6.45) is 4.81. The van der Waals surface area contributed by atoms with E-state index in [-0.39, 0.29) is 5.91 Å². The molecular weight excluding hydrogens is 500 g/mol. The molecule has 0 spiro atoms. The van der Waals surface area contributed by atoms with E-state index in [1.165, 1.54) is 11.1 Å². The van der Waals surface area contributed by atoms with Gasteiger partial charge in [-0.1, -0.05) is 60.7 Å². The average Bonchev–Trinajstić information content (AvgIpc) is 3.43. The fraction of sp³-hybridized carbons (Fsp3) is 0.441. The first kappa shape index (κ1) is 29.6. The SMILES string of the molecule is COCCCOc1cc(C(=O)N(CCCCc2ccccc2)CC2CNCC2Cc2ccccc2)ccc1OC. The Morgan fingerprint density at radius 3 is 2.27 bits per heavy atom. The van der Waals surface area contributed by atoms with Crippen LogP contribution in [0, 0.1) is 11.8 Å². The van der Waals surface area contributed by atoms with Crippen LogP contribution in [0.25, 0.3) is 0 Å². The lowest BCUT2D eigenvalue weighted by Crippen LogP contribution is -2.38. The number of nitrogens with one attached hydrogen (secondary N) is 1. The molecule has 40 heavy (non-hydrogen) atoms. The number of hydrogen-bond acceptors (Lipinski definition) is 5. The van der Waals surface area contributed by atoms with Crippen LogP contribution in [0.5, 0.6) is 11.5 Å². The summed E-state index contributed by atoms with van der Waals surface area (Å²) in [7, 11) is 3.30. The number of carbonyl (C=O) groups excluding carboxylic acids is 1. The van der Waals surface area contributed by atoms with Gasteiger partial charge in [-0.2, -0.15) is 0 Å². The Bertz CT molecular complexity index is 1160. The van der Waals surface area contributed by atoms with Crippen LogP contribution in [-0.4, -0.2) is 64.4 Å². The zero-order valence-electron chi connectivity index (χ0n) is 24.0. The molecule has 0 aliphatic carbocycles. The van der Waals surface area contributed by atoms with Crippen LogP contribution in [0.1, 0.15) is 40.7 Å². The first-order valence-electron chi connectivity index (χ1n) is 14.6. The Hall–Kier alpha value is -3.35. The van der Waals surface area contributed by atoms with E-state index < -0.39 is 0 Å². The van der Waals surface area contributed by atoms with Crippen molar-refractivity contribution in [3.05, 3.63) is 95.6 Å². The lowest BCUT2D eigenvalue weighted by molar-refractivity contribution is 0.0716. The third kappa shape index (κ3) is 8.83. The zero-order chi connectivity index (χ0) is 28.0. The summed E-state index contributed by atoms with van der Waals surface area (Å²) in [5, 5.41) is 3.59. The quantitative estimate of drug-likeness (QED) is 0.236. The minimum atomic E-state index is 0.0504. The second kappa shape index (κ2) is 16.0. The fourth-order valence-corrected chi connectivity index (χ4v) is 5.48. The van der Waals surface area contributed by atoms with Gasteiger partial charge in [-0.05, 0) is 79.9 Å². The Morgan fingerprint density at radius 1 is 0.825 bits per heavy atom. The number of unbranched alkanes of at least 4 members (excludes halogenated alkanes) is 1. The molecule has 3 aromatic carbocycles. The number of ether oxygens (including phenoxy) is 3. The molecule has 0 saturated carbocycles. The standard InChI is InChI=1S/C34H44N2O4/c1-38-20-11-21-40-33-23-29(17-18-32(33)39-2)34(37)36(19-10-9-14-27-12-5-3-6-13-27)26-31-25-35-24-30(31)22-28-15-7-4-8-16-28/h3-8,12-13,15-18,23,30-31,35H,9-11,14,19-22,24-26H2,1-2H3. The molecule has 0 aromatic heterocycles. The highest BCUT2D eigenvalue weighted by Crippen LogP contribution is 2.30. The number of benzene rings is 3. The predicted octanol–water partition coefficient (Wildman–Crippen LogP) is 5.65. The van der Waals surface area contributed by atoms with Gasteiger partial charge in [0, 0.05) is 38.8 Å². The number of amides is 1. The zero-order valence-corrected chi connectivity index (χ0v) is 24.0. The number of carbonyl (C=O) groups is 1. The monoisotopic (exact) mass is 544 g/mol. The van der Waals surface area contributed by atoms with Crippen molar-refractivity contribution in [2.24, 2.45) is 11.8 Å². The molecule has 1 fully saturated rings. The number of nitrogens with zero attached hydrogens (tertiary/aromatic N) is 1. The summed E-state index contributed by atoms with van der Waals surface area (Å²) < 4.78 is 16.6. The maximum absolute atomic E-state index is 14.0. The Labute approximate surface area is 239 Å². The van der Waals surface area contributed by atoms with Gasteiger partial charge >= 0.3 is 0 Å². The second-order valence-electron chi connectivity index (χ2n) is 10.6. The molecule has 2 atom stereocenters. The van der Waals surface area contributed by atoms with Crippen molar-refractivity contribution in [1.29, 1.82) is 0 Å². The van der Waals surface area contributed by atoms with Gasteiger partial charge in [0.25, 0.3) is 5.91 Å². The largest absolute Gasteiger partial charge is 0.493 e. The van der Waals surface area contributed by atoms with E-state index in [9.17, 15) is 4.79 Å². The molecule has 0 radical (unpaired) electrons. The molecule has 2 unspecified atom stereocenters. The highest BCUT2D eigenvalue weighted by atomic mass is 16.5. The first-order valence-corrected chi connectivity index (χ1v) is 14.6. The van der Waals surface area contributed by atoms with Crippen LogP contribution in [0.3, 0.4) is 0 Å². The second-order valence-corrected chi connectivity index (χ2v) is 10.6. The van der Waals surface area contributed by atoms with Crippen LogP contribution in [0.2, 0.25) is 0 Å². The third-order valence-corrected chi connectivity index (χ3v) is 7.71. The van der Waals surface area contributed by atoms with Crippen LogP contribution in [0.4, 0.5) is 0 Å². The van der Waals surface area contributed by atoms with Crippen molar-refractivity contribution in [3.63, 3.8) is 0 Å².